The minimum atomic E-state index is 0.400. The van der Waals surface area contributed by atoms with Crippen LogP contribution in [0.5, 0.6) is 0 Å². The van der Waals surface area contributed by atoms with E-state index in [1.54, 1.807) is 0 Å². The van der Waals surface area contributed by atoms with Gasteiger partial charge in [0.05, 0.1) is 12.2 Å². The molecule has 4 rings (SSSR count). The van der Waals surface area contributed by atoms with Crippen molar-refractivity contribution in [1.82, 2.24) is 20.2 Å². The Kier molecular flexibility index (Phi) is 4.42. The molecular formula is C18H24N4S. The van der Waals surface area contributed by atoms with Gasteiger partial charge in [-0.15, -0.1) is 11.3 Å². The lowest BCUT2D eigenvalue weighted by atomic mass is 9.93. The Morgan fingerprint density at radius 2 is 2.39 bits per heavy atom. The first kappa shape index (κ1) is 15.2. The number of nitrogens with one attached hydrogen (secondary N) is 1. The Hall–Kier alpha value is -1.30. The number of hydrogen-bond acceptors (Lipinski definition) is 5. The number of rotatable bonds is 3. The summed E-state index contributed by atoms with van der Waals surface area (Å²) in [7, 11) is 0. The summed E-state index contributed by atoms with van der Waals surface area (Å²) in [6.45, 7) is 6.44. The van der Waals surface area contributed by atoms with E-state index in [2.05, 4.69) is 28.2 Å². The molecule has 0 aromatic carbocycles. The molecule has 1 aliphatic heterocycles. The van der Waals surface area contributed by atoms with Gasteiger partial charge in [0.2, 0.25) is 0 Å². The second-order valence-corrected chi connectivity index (χ2v) is 7.97. The third-order valence-electron chi connectivity index (χ3n) is 4.99. The van der Waals surface area contributed by atoms with Gasteiger partial charge >= 0.3 is 0 Å². The number of nitrogens with zero attached hydrogens (tertiary/aromatic N) is 3. The van der Waals surface area contributed by atoms with Crippen LogP contribution in [0.3, 0.4) is 0 Å². The number of pyridine rings is 1. The normalized spacial score (nSPS) is 25.3. The molecule has 2 aromatic rings. The molecule has 0 bridgehead atoms. The van der Waals surface area contributed by atoms with Gasteiger partial charge in [-0.25, -0.2) is 4.98 Å². The van der Waals surface area contributed by atoms with Crippen molar-refractivity contribution in [2.45, 2.75) is 38.8 Å². The summed E-state index contributed by atoms with van der Waals surface area (Å²) < 4.78 is 0. The van der Waals surface area contributed by atoms with E-state index in [0.717, 1.165) is 32.1 Å². The number of aryl methyl sites for hydroxylation is 1. The summed E-state index contributed by atoms with van der Waals surface area (Å²) in [6.07, 6.45) is 7.53. The molecule has 2 aliphatic rings. The van der Waals surface area contributed by atoms with Gasteiger partial charge in [0, 0.05) is 42.9 Å². The highest BCUT2D eigenvalue weighted by Crippen LogP contribution is 2.31. The highest BCUT2D eigenvalue weighted by Gasteiger charge is 2.26. The van der Waals surface area contributed by atoms with E-state index in [1.807, 2.05) is 29.8 Å². The van der Waals surface area contributed by atoms with Gasteiger partial charge in [-0.1, -0.05) is 13.0 Å². The molecule has 0 amide bonds. The SMILES string of the molecule is CC1CCc2nc(CN3CCNCC3c3cccnc3)sc2C1. The number of fused-ring (bicyclic) bond motifs is 1. The summed E-state index contributed by atoms with van der Waals surface area (Å²) >= 11 is 1.94. The second-order valence-electron chi connectivity index (χ2n) is 6.80. The van der Waals surface area contributed by atoms with Crippen molar-refractivity contribution in [3.8, 4) is 0 Å². The predicted octanol–water partition coefficient (Wildman–Crippen LogP) is 2.81. The van der Waals surface area contributed by atoms with Crippen LogP contribution >= 0.6 is 11.3 Å². The third kappa shape index (κ3) is 3.32. The monoisotopic (exact) mass is 328 g/mol. The Balaban J connectivity index is 1.52. The van der Waals surface area contributed by atoms with Crippen molar-refractivity contribution in [3.63, 3.8) is 0 Å². The number of piperazine rings is 1. The van der Waals surface area contributed by atoms with Crippen molar-refractivity contribution < 1.29 is 0 Å². The van der Waals surface area contributed by atoms with E-state index in [1.165, 1.54) is 40.4 Å². The quantitative estimate of drug-likeness (QED) is 0.941. The molecule has 2 atom stereocenters. The molecule has 23 heavy (non-hydrogen) atoms. The maximum atomic E-state index is 4.95. The number of aromatic nitrogens is 2. The van der Waals surface area contributed by atoms with Crippen LogP contribution in [0.15, 0.2) is 24.5 Å². The van der Waals surface area contributed by atoms with Crippen LogP contribution in [0.1, 0.15) is 40.5 Å². The zero-order valence-electron chi connectivity index (χ0n) is 13.7. The van der Waals surface area contributed by atoms with Gasteiger partial charge in [-0.3, -0.25) is 9.88 Å². The smallest absolute Gasteiger partial charge is 0.107 e. The molecule has 1 saturated heterocycles. The van der Waals surface area contributed by atoms with Crippen molar-refractivity contribution >= 4 is 11.3 Å². The molecule has 122 valence electrons. The Morgan fingerprint density at radius 3 is 3.26 bits per heavy atom. The lowest BCUT2D eigenvalue weighted by molar-refractivity contribution is 0.153. The van der Waals surface area contributed by atoms with Crippen LogP contribution in [0.25, 0.3) is 0 Å². The molecule has 1 N–H and O–H groups in total. The van der Waals surface area contributed by atoms with E-state index >= 15 is 0 Å². The topological polar surface area (TPSA) is 41.1 Å². The summed E-state index contributed by atoms with van der Waals surface area (Å²) in [5.41, 5.74) is 2.67. The van der Waals surface area contributed by atoms with Gasteiger partial charge in [-0.2, -0.15) is 0 Å². The summed E-state index contributed by atoms with van der Waals surface area (Å²) in [6, 6.07) is 4.62. The fourth-order valence-corrected chi connectivity index (χ4v) is 4.98. The average Bonchev–Trinajstić information content (AvgIpc) is 2.97. The zero-order valence-corrected chi connectivity index (χ0v) is 14.5. The molecule has 0 spiro atoms. The van der Waals surface area contributed by atoms with Crippen LogP contribution < -0.4 is 5.32 Å². The zero-order chi connectivity index (χ0) is 15.6. The van der Waals surface area contributed by atoms with Gasteiger partial charge in [-0.05, 0) is 36.8 Å². The largest absolute Gasteiger partial charge is 0.314 e. The first-order valence-electron chi connectivity index (χ1n) is 8.62. The first-order chi connectivity index (χ1) is 11.3. The maximum Gasteiger partial charge on any atom is 0.107 e. The second kappa shape index (κ2) is 6.67. The van der Waals surface area contributed by atoms with E-state index in [4.69, 9.17) is 4.98 Å². The van der Waals surface area contributed by atoms with Gasteiger partial charge < -0.3 is 5.32 Å². The first-order valence-corrected chi connectivity index (χ1v) is 9.43. The van der Waals surface area contributed by atoms with Crippen LogP contribution in [0.2, 0.25) is 0 Å². The van der Waals surface area contributed by atoms with Crippen molar-refractivity contribution in [1.29, 1.82) is 0 Å². The van der Waals surface area contributed by atoms with Crippen LogP contribution in [-0.4, -0.2) is 34.5 Å². The Morgan fingerprint density at radius 1 is 1.43 bits per heavy atom. The lowest BCUT2D eigenvalue weighted by Crippen LogP contribution is -2.45. The molecule has 4 nitrogen and oxygen atoms in total. The van der Waals surface area contributed by atoms with E-state index in [9.17, 15) is 0 Å². The van der Waals surface area contributed by atoms with E-state index in [-0.39, 0.29) is 0 Å². The molecule has 0 saturated carbocycles. The molecule has 1 aliphatic carbocycles. The van der Waals surface area contributed by atoms with E-state index in [0.29, 0.717) is 6.04 Å². The molecule has 2 aromatic heterocycles. The molecule has 0 radical (unpaired) electrons. The summed E-state index contributed by atoms with van der Waals surface area (Å²) in [5, 5.41) is 4.81. The predicted molar refractivity (Wildman–Crippen MR) is 93.6 cm³/mol. The maximum absolute atomic E-state index is 4.95. The number of thiazole rings is 1. The summed E-state index contributed by atoms with van der Waals surface area (Å²) in [5.74, 6) is 0.818. The fraction of sp³-hybridized carbons (Fsp3) is 0.556. The standard InChI is InChI=1S/C18H24N4S/c1-13-4-5-15-17(9-13)23-18(21-15)12-22-8-7-20-11-16(22)14-3-2-6-19-10-14/h2-3,6,10,13,16,20H,4-5,7-9,11-12H2,1H3. The van der Waals surface area contributed by atoms with Crippen molar-refractivity contribution in [2.24, 2.45) is 5.92 Å². The molecular weight excluding hydrogens is 304 g/mol. The van der Waals surface area contributed by atoms with Crippen molar-refractivity contribution in [3.05, 3.63) is 45.7 Å². The molecule has 5 heteroatoms. The van der Waals surface area contributed by atoms with Gasteiger partial charge in [0.1, 0.15) is 5.01 Å². The minimum Gasteiger partial charge on any atom is -0.314 e. The van der Waals surface area contributed by atoms with Gasteiger partial charge in [0.25, 0.3) is 0 Å². The van der Waals surface area contributed by atoms with Crippen molar-refractivity contribution in [2.75, 3.05) is 19.6 Å². The lowest BCUT2D eigenvalue weighted by Gasteiger charge is -2.35. The van der Waals surface area contributed by atoms with Crippen LogP contribution in [0, 0.1) is 5.92 Å². The Labute approximate surface area is 142 Å². The average molecular weight is 328 g/mol. The minimum absolute atomic E-state index is 0.400. The summed E-state index contributed by atoms with van der Waals surface area (Å²) in [4.78, 5) is 13.3. The van der Waals surface area contributed by atoms with Gasteiger partial charge in [0.15, 0.2) is 0 Å². The molecule has 3 heterocycles. The van der Waals surface area contributed by atoms with Crippen LogP contribution in [0.4, 0.5) is 0 Å². The number of hydrogen-bond donors (Lipinski definition) is 1. The Bertz CT molecular complexity index is 654. The highest BCUT2D eigenvalue weighted by molar-refractivity contribution is 7.11. The molecule has 2 unspecified atom stereocenters. The molecule has 1 fully saturated rings. The van der Waals surface area contributed by atoms with Crippen LogP contribution in [-0.2, 0) is 19.4 Å². The van der Waals surface area contributed by atoms with E-state index < -0.39 is 0 Å². The fourth-order valence-electron chi connectivity index (χ4n) is 3.67. The highest BCUT2D eigenvalue weighted by atomic mass is 32.1. The third-order valence-corrected chi connectivity index (χ3v) is 6.10.